The number of amides is 2. The molecule has 0 heterocycles. The molecule has 7 heteroatoms. The smallest absolute Gasteiger partial charge is 0.349 e. The summed E-state index contributed by atoms with van der Waals surface area (Å²) in [5.74, 6) is -0.805. The predicted octanol–water partition coefficient (Wildman–Crippen LogP) is 3.85. The van der Waals surface area contributed by atoms with Crippen molar-refractivity contribution in [1.82, 2.24) is 5.32 Å². The molecule has 2 N–H and O–H groups in total. The Balaban J connectivity index is 1.91. The number of carbonyl (C=O) groups excluding carboxylic acids is 2. The molecule has 1 unspecified atom stereocenters. The van der Waals surface area contributed by atoms with Gasteiger partial charge in [0.15, 0.2) is 0 Å². The molecule has 2 aromatic carbocycles. The number of alkyl halides is 3. The second kappa shape index (κ2) is 7.83. The second-order valence-corrected chi connectivity index (χ2v) is 5.57. The minimum absolute atomic E-state index is 0.0569. The summed E-state index contributed by atoms with van der Waals surface area (Å²) in [5, 5.41) is 5.08. The molecule has 0 spiro atoms. The van der Waals surface area contributed by atoms with Gasteiger partial charge in [-0.3, -0.25) is 9.59 Å². The molecule has 0 saturated heterocycles. The molecule has 2 rings (SSSR count). The van der Waals surface area contributed by atoms with Crippen LogP contribution in [0.4, 0.5) is 18.9 Å². The van der Waals surface area contributed by atoms with Crippen LogP contribution < -0.4 is 10.6 Å². The highest BCUT2D eigenvalue weighted by atomic mass is 19.4. The average molecular weight is 350 g/mol. The first-order valence-corrected chi connectivity index (χ1v) is 7.59. The molecule has 0 aliphatic rings. The molecule has 0 aliphatic heterocycles. The molecule has 132 valence electrons. The lowest BCUT2D eigenvalue weighted by molar-refractivity contribution is -0.137. The summed E-state index contributed by atoms with van der Waals surface area (Å²) < 4.78 is 38.0. The van der Waals surface area contributed by atoms with Gasteiger partial charge in [0.25, 0.3) is 5.91 Å². The van der Waals surface area contributed by atoms with Crippen molar-refractivity contribution in [2.24, 2.45) is 0 Å². The maximum atomic E-state index is 12.7. The molecule has 0 aliphatic carbocycles. The molecule has 4 nitrogen and oxygen atoms in total. The van der Waals surface area contributed by atoms with E-state index in [2.05, 4.69) is 10.6 Å². The minimum atomic E-state index is -4.47. The predicted molar refractivity (Wildman–Crippen MR) is 88.1 cm³/mol. The Morgan fingerprint density at radius 3 is 2.36 bits per heavy atom. The van der Waals surface area contributed by atoms with Gasteiger partial charge in [0.1, 0.15) is 0 Å². The van der Waals surface area contributed by atoms with Gasteiger partial charge in [-0.25, -0.2) is 0 Å². The van der Waals surface area contributed by atoms with Crippen molar-refractivity contribution in [3.8, 4) is 0 Å². The lowest BCUT2D eigenvalue weighted by Gasteiger charge is -2.14. The Labute approximate surface area is 143 Å². The summed E-state index contributed by atoms with van der Waals surface area (Å²) in [7, 11) is 0. The van der Waals surface area contributed by atoms with Crippen LogP contribution in [0.1, 0.15) is 29.3 Å². The first-order valence-electron chi connectivity index (χ1n) is 7.59. The lowest BCUT2D eigenvalue weighted by Crippen LogP contribution is -2.35. The van der Waals surface area contributed by atoms with Crippen LogP contribution in [0.15, 0.2) is 54.6 Å². The largest absolute Gasteiger partial charge is 0.416 e. The van der Waals surface area contributed by atoms with E-state index in [0.717, 1.165) is 12.1 Å². The fourth-order valence-electron chi connectivity index (χ4n) is 2.21. The van der Waals surface area contributed by atoms with E-state index in [-0.39, 0.29) is 18.0 Å². The first-order chi connectivity index (χ1) is 11.8. The Hall–Kier alpha value is -2.83. The van der Waals surface area contributed by atoms with Gasteiger partial charge in [-0.15, -0.1) is 0 Å². The van der Waals surface area contributed by atoms with Gasteiger partial charge in [-0.05, 0) is 37.3 Å². The van der Waals surface area contributed by atoms with Crippen molar-refractivity contribution in [3.63, 3.8) is 0 Å². The van der Waals surface area contributed by atoms with Crippen molar-refractivity contribution in [1.29, 1.82) is 0 Å². The number of hydrogen-bond donors (Lipinski definition) is 2. The summed E-state index contributed by atoms with van der Waals surface area (Å²) in [6.45, 7) is 1.65. The Kier molecular flexibility index (Phi) is 5.80. The number of nitrogens with one attached hydrogen (secondary N) is 2. The third-order valence-electron chi connectivity index (χ3n) is 3.38. The summed E-state index contributed by atoms with van der Waals surface area (Å²) in [6.07, 6.45) is -4.54. The second-order valence-electron chi connectivity index (χ2n) is 5.57. The first kappa shape index (κ1) is 18.5. The fraction of sp³-hybridized carbons (Fsp3) is 0.222. The highest BCUT2D eigenvalue weighted by molar-refractivity contribution is 5.95. The molecule has 0 saturated carbocycles. The Bertz CT molecular complexity index is 745. The van der Waals surface area contributed by atoms with Crippen LogP contribution in [0.2, 0.25) is 0 Å². The maximum absolute atomic E-state index is 12.7. The Morgan fingerprint density at radius 2 is 1.72 bits per heavy atom. The van der Waals surface area contributed by atoms with Crippen molar-refractivity contribution in [2.75, 3.05) is 5.32 Å². The maximum Gasteiger partial charge on any atom is 0.416 e. The third-order valence-corrected chi connectivity index (χ3v) is 3.38. The van der Waals surface area contributed by atoms with Crippen molar-refractivity contribution < 1.29 is 22.8 Å². The van der Waals surface area contributed by atoms with Crippen molar-refractivity contribution in [3.05, 3.63) is 65.7 Å². The topological polar surface area (TPSA) is 58.2 Å². The van der Waals surface area contributed by atoms with E-state index in [9.17, 15) is 22.8 Å². The van der Waals surface area contributed by atoms with Gasteiger partial charge in [0.05, 0.1) is 5.56 Å². The SMILES string of the molecule is CC(CC(=O)Nc1cccc(C(F)(F)F)c1)NC(=O)c1ccccc1. The highest BCUT2D eigenvalue weighted by Crippen LogP contribution is 2.30. The molecule has 25 heavy (non-hydrogen) atoms. The van der Waals surface area contributed by atoms with Gasteiger partial charge in [-0.2, -0.15) is 13.2 Å². The van der Waals surface area contributed by atoms with E-state index >= 15 is 0 Å². The zero-order chi connectivity index (χ0) is 18.4. The Morgan fingerprint density at radius 1 is 1.04 bits per heavy atom. The number of halogens is 3. The van der Waals surface area contributed by atoms with Gasteiger partial charge < -0.3 is 10.6 Å². The molecule has 0 radical (unpaired) electrons. The van der Waals surface area contributed by atoms with Crippen LogP contribution in [0.3, 0.4) is 0 Å². The fourth-order valence-corrected chi connectivity index (χ4v) is 2.21. The van der Waals surface area contributed by atoms with Gasteiger partial charge in [-0.1, -0.05) is 24.3 Å². The van der Waals surface area contributed by atoms with Crippen molar-refractivity contribution in [2.45, 2.75) is 25.6 Å². The normalized spacial score (nSPS) is 12.3. The van der Waals surface area contributed by atoms with Gasteiger partial charge >= 0.3 is 6.18 Å². The standard InChI is InChI=1S/C18H17F3N2O2/c1-12(22-17(25)13-6-3-2-4-7-13)10-16(24)23-15-9-5-8-14(11-15)18(19,20)21/h2-9,11-12H,10H2,1H3,(H,22,25)(H,23,24). The molecule has 2 aromatic rings. The highest BCUT2D eigenvalue weighted by Gasteiger charge is 2.30. The van der Waals surface area contributed by atoms with Crippen LogP contribution in [0, 0.1) is 0 Å². The number of benzene rings is 2. The molecular weight excluding hydrogens is 333 g/mol. The molecular formula is C18H17F3N2O2. The molecule has 0 fully saturated rings. The van der Waals surface area contributed by atoms with E-state index in [1.807, 2.05) is 0 Å². The number of hydrogen-bond acceptors (Lipinski definition) is 2. The van der Waals surface area contributed by atoms with Crippen molar-refractivity contribution >= 4 is 17.5 Å². The van der Waals surface area contributed by atoms with Crippen LogP contribution in [0.5, 0.6) is 0 Å². The van der Waals surface area contributed by atoms with Crippen LogP contribution in [-0.2, 0) is 11.0 Å². The summed E-state index contributed by atoms with van der Waals surface area (Å²) in [6, 6.07) is 12.4. The molecule has 0 bridgehead atoms. The van der Waals surface area contributed by atoms with E-state index in [1.54, 1.807) is 37.3 Å². The number of anilines is 1. The molecule has 0 aromatic heterocycles. The van der Waals surface area contributed by atoms with Crippen LogP contribution >= 0.6 is 0 Å². The summed E-state index contributed by atoms with van der Waals surface area (Å²) in [4.78, 5) is 23.9. The number of rotatable bonds is 5. The zero-order valence-corrected chi connectivity index (χ0v) is 13.4. The molecule has 1 atom stereocenters. The van der Waals surface area contributed by atoms with Crippen LogP contribution in [0.25, 0.3) is 0 Å². The third kappa shape index (κ3) is 5.63. The minimum Gasteiger partial charge on any atom is -0.349 e. The number of carbonyl (C=O) groups is 2. The lowest BCUT2D eigenvalue weighted by atomic mass is 10.1. The quantitative estimate of drug-likeness (QED) is 0.860. The van der Waals surface area contributed by atoms with Crippen LogP contribution in [-0.4, -0.2) is 17.9 Å². The van der Waals surface area contributed by atoms with E-state index in [4.69, 9.17) is 0 Å². The van der Waals surface area contributed by atoms with Gasteiger partial charge in [0.2, 0.25) is 5.91 Å². The van der Waals surface area contributed by atoms with E-state index in [0.29, 0.717) is 5.56 Å². The summed E-state index contributed by atoms with van der Waals surface area (Å²) in [5.41, 5.74) is -0.315. The zero-order valence-electron chi connectivity index (χ0n) is 13.4. The van der Waals surface area contributed by atoms with Gasteiger partial charge in [0, 0.05) is 23.7 Å². The van der Waals surface area contributed by atoms with E-state index < -0.39 is 23.7 Å². The molecule has 2 amide bonds. The monoisotopic (exact) mass is 350 g/mol. The van der Waals surface area contributed by atoms with E-state index in [1.165, 1.54) is 12.1 Å². The average Bonchev–Trinajstić information content (AvgIpc) is 2.54. The summed E-state index contributed by atoms with van der Waals surface area (Å²) >= 11 is 0.